The summed E-state index contributed by atoms with van der Waals surface area (Å²) in [5.41, 5.74) is -0.459. The molecule has 0 heterocycles. The molecule has 0 aromatic heterocycles. The van der Waals surface area contributed by atoms with Crippen molar-refractivity contribution in [3.05, 3.63) is 34.3 Å². The summed E-state index contributed by atoms with van der Waals surface area (Å²) in [7, 11) is 0. The number of Topliss-reactive ketones (excluding diaryl/α,β-unsaturated/α-hetero) is 1. The van der Waals surface area contributed by atoms with Gasteiger partial charge in [0.25, 0.3) is 0 Å². The fourth-order valence-corrected chi connectivity index (χ4v) is 1.96. The van der Waals surface area contributed by atoms with Gasteiger partial charge in [0, 0.05) is 12.3 Å². The Morgan fingerprint density at radius 2 is 2.00 bits per heavy atom. The number of hydrogen-bond acceptors (Lipinski definition) is 1. The van der Waals surface area contributed by atoms with Crippen molar-refractivity contribution < 1.29 is 18.0 Å². The van der Waals surface area contributed by atoms with Gasteiger partial charge in [0.2, 0.25) is 0 Å². The maximum Gasteiger partial charge on any atom is 0.417 e. The maximum absolute atomic E-state index is 12.5. The molecule has 86 valence electrons. The smallest absolute Gasteiger partial charge is 0.299 e. The molecule has 0 spiro atoms. The number of halogens is 4. The zero-order valence-electron chi connectivity index (χ0n) is 8.14. The first kappa shape index (κ1) is 11.5. The number of carbonyl (C=O) groups is 1. The molecule has 1 nitrogen and oxygen atoms in total. The molecule has 0 saturated heterocycles. The predicted octanol–water partition coefficient (Wildman–Crippen LogP) is 3.81. The Bertz CT molecular complexity index is 439. The average Bonchev–Trinajstić information content (AvgIpc) is 2.17. The van der Waals surface area contributed by atoms with Gasteiger partial charge >= 0.3 is 6.18 Å². The number of benzene rings is 1. The highest BCUT2D eigenvalue weighted by Gasteiger charge is 2.36. The highest BCUT2D eigenvalue weighted by Crippen LogP contribution is 2.39. The Morgan fingerprint density at radius 1 is 1.31 bits per heavy atom. The second-order valence-electron chi connectivity index (χ2n) is 3.79. The fraction of sp³-hybridized carbons (Fsp3) is 0.364. The van der Waals surface area contributed by atoms with Gasteiger partial charge in [-0.2, -0.15) is 13.2 Å². The van der Waals surface area contributed by atoms with Gasteiger partial charge in [-0.15, -0.1) is 0 Å². The van der Waals surface area contributed by atoms with E-state index in [2.05, 4.69) is 0 Å². The van der Waals surface area contributed by atoms with Crippen LogP contribution in [0.3, 0.4) is 0 Å². The van der Waals surface area contributed by atoms with Crippen molar-refractivity contribution in [1.82, 2.24) is 0 Å². The second kappa shape index (κ2) is 3.77. The average molecular weight is 249 g/mol. The quantitative estimate of drug-likeness (QED) is 0.739. The standard InChI is InChI=1S/C11H8ClF3O/c12-9-3-1-6(7-2-4-10(7)16)5-8(9)11(13,14)15/h1,3,5,7H,2,4H2. The van der Waals surface area contributed by atoms with E-state index in [1.54, 1.807) is 0 Å². The number of hydrogen-bond donors (Lipinski definition) is 0. The Labute approximate surface area is 95.2 Å². The third kappa shape index (κ3) is 1.94. The van der Waals surface area contributed by atoms with E-state index < -0.39 is 11.7 Å². The molecule has 1 aliphatic rings. The number of rotatable bonds is 1. The van der Waals surface area contributed by atoms with Crippen LogP contribution in [-0.2, 0) is 11.0 Å². The topological polar surface area (TPSA) is 17.1 Å². The van der Waals surface area contributed by atoms with Crippen LogP contribution in [0.25, 0.3) is 0 Å². The Morgan fingerprint density at radius 3 is 2.44 bits per heavy atom. The molecule has 0 radical (unpaired) electrons. The van der Waals surface area contributed by atoms with Crippen LogP contribution in [0.1, 0.15) is 29.9 Å². The summed E-state index contributed by atoms with van der Waals surface area (Å²) >= 11 is 5.48. The van der Waals surface area contributed by atoms with Crippen molar-refractivity contribution in [2.75, 3.05) is 0 Å². The summed E-state index contributed by atoms with van der Waals surface area (Å²) < 4.78 is 37.6. The lowest BCUT2D eigenvalue weighted by atomic mass is 9.78. The van der Waals surface area contributed by atoms with Gasteiger partial charge in [-0.25, -0.2) is 0 Å². The lowest BCUT2D eigenvalue weighted by Crippen LogP contribution is -2.23. The molecule has 0 aliphatic heterocycles. The van der Waals surface area contributed by atoms with Gasteiger partial charge in [0.1, 0.15) is 5.78 Å². The Kier molecular flexibility index (Phi) is 2.70. The molecule has 1 aliphatic carbocycles. The zero-order valence-corrected chi connectivity index (χ0v) is 8.90. The van der Waals surface area contributed by atoms with Crippen LogP contribution in [0, 0.1) is 0 Å². The van der Waals surface area contributed by atoms with Crippen LogP contribution < -0.4 is 0 Å². The van der Waals surface area contributed by atoms with Crippen LogP contribution in [0.15, 0.2) is 18.2 Å². The van der Waals surface area contributed by atoms with Crippen LogP contribution in [0.5, 0.6) is 0 Å². The SMILES string of the molecule is O=C1CCC1c1ccc(Cl)c(C(F)(F)F)c1. The lowest BCUT2D eigenvalue weighted by Gasteiger charge is -2.25. The number of alkyl halides is 3. The minimum absolute atomic E-state index is 0.00422. The summed E-state index contributed by atoms with van der Waals surface area (Å²) in [6.45, 7) is 0. The minimum atomic E-state index is -4.47. The van der Waals surface area contributed by atoms with E-state index in [-0.39, 0.29) is 16.7 Å². The third-order valence-electron chi connectivity index (χ3n) is 2.77. The van der Waals surface area contributed by atoms with Gasteiger partial charge in [0.05, 0.1) is 10.6 Å². The van der Waals surface area contributed by atoms with E-state index in [4.69, 9.17) is 11.6 Å². The van der Waals surface area contributed by atoms with Crippen LogP contribution in [0.2, 0.25) is 5.02 Å². The molecular formula is C11H8ClF3O. The fourth-order valence-electron chi connectivity index (χ4n) is 1.74. The number of ketones is 1. The molecule has 1 aromatic rings. The first-order valence-corrected chi connectivity index (χ1v) is 5.17. The van der Waals surface area contributed by atoms with E-state index in [1.807, 2.05) is 0 Å². The van der Waals surface area contributed by atoms with Crippen LogP contribution >= 0.6 is 11.6 Å². The van der Waals surface area contributed by atoms with E-state index in [1.165, 1.54) is 12.1 Å². The first-order chi connectivity index (χ1) is 7.39. The highest BCUT2D eigenvalue weighted by molar-refractivity contribution is 6.31. The number of carbonyl (C=O) groups excluding carboxylic acids is 1. The van der Waals surface area contributed by atoms with E-state index >= 15 is 0 Å². The lowest BCUT2D eigenvalue weighted by molar-refractivity contribution is -0.137. The Balaban J connectivity index is 2.39. The van der Waals surface area contributed by atoms with Gasteiger partial charge in [-0.05, 0) is 24.1 Å². The van der Waals surface area contributed by atoms with Crippen LogP contribution in [-0.4, -0.2) is 5.78 Å². The first-order valence-electron chi connectivity index (χ1n) is 4.79. The summed E-state index contributed by atoms with van der Waals surface area (Å²) in [6, 6.07) is 3.66. The molecule has 1 fully saturated rings. The second-order valence-corrected chi connectivity index (χ2v) is 4.20. The van der Waals surface area contributed by atoms with E-state index in [9.17, 15) is 18.0 Å². The molecule has 5 heteroatoms. The van der Waals surface area contributed by atoms with E-state index in [0.717, 1.165) is 6.07 Å². The maximum atomic E-state index is 12.5. The van der Waals surface area contributed by atoms with Crippen molar-refractivity contribution in [1.29, 1.82) is 0 Å². The molecule has 1 atom stereocenters. The minimum Gasteiger partial charge on any atom is -0.299 e. The van der Waals surface area contributed by atoms with Gasteiger partial charge in [-0.1, -0.05) is 17.7 Å². The molecular weight excluding hydrogens is 241 g/mol. The molecule has 1 saturated carbocycles. The Hall–Kier alpha value is -1.03. The molecule has 2 rings (SSSR count). The molecule has 1 aromatic carbocycles. The van der Waals surface area contributed by atoms with Crippen molar-refractivity contribution in [3.63, 3.8) is 0 Å². The largest absolute Gasteiger partial charge is 0.417 e. The van der Waals surface area contributed by atoms with Gasteiger partial charge in [-0.3, -0.25) is 4.79 Å². The molecule has 0 amide bonds. The molecule has 1 unspecified atom stereocenters. The summed E-state index contributed by atoms with van der Waals surface area (Å²) in [5, 5.41) is -0.331. The van der Waals surface area contributed by atoms with Crippen molar-refractivity contribution in [2.45, 2.75) is 24.9 Å². The van der Waals surface area contributed by atoms with Crippen LogP contribution in [0.4, 0.5) is 13.2 Å². The molecule has 16 heavy (non-hydrogen) atoms. The van der Waals surface area contributed by atoms with Crippen molar-refractivity contribution in [3.8, 4) is 0 Å². The van der Waals surface area contributed by atoms with E-state index in [0.29, 0.717) is 18.4 Å². The summed E-state index contributed by atoms with van der Waals surface area (Å²) in [5.74, 6) is -0.381. The predicted molar refractivity (Wildman–Crippen MR) is 53.4 cm³/mol. The molecule has 0 bridgehead atoms. The van der Waals surface area contributed by atoms with Crippen molar-refractivity contribution in [2.24, 2.45) is 0 Å². The summed E-state index contributed by atoms with van der Waals surface area (Å²) in [6.07, 6.45) is -3.40. The third-order valence-corrected chi connectivity index (χ3v) is 3.10. The van der Waals surface area contributed by atoms with Gasteiger partial charge < -0.3 is 0 Å². The monoisotopic (exact) mass is 248 g/mol. The summed E-state index contributed by atoms with van der Waals surface area (Å²) in [4.78, 5) is 11.2. The van der Waals surface area contributed by atoms with Gasteiger partial charge in [0.15, 0.2) is 0 Å². The highest BCUT2D eigenvalue weighted by atomic mass is 35.5. The zero-order chi connectivity index (χ0) is 11.9. The van der Waals surface area contributed by atoms with Crippen molar-refractivity contribution >= 4 is 17.4 Å². The molecule has 0 N–H and O–H groups in total. The normalized spacial score (nSPS) is 20.8.